The Morgan fingerprint density at radius 3 is 3.07 bits per heavy atom. The first-order valence-corrected chi connectivity index (χ1v) is 6.75. The zero-order valence-electron chi connectivity index (χ0n) is 8.16. The molecule has 0 saturated heterocycles. The van der Waals surface area contributed by atoms with E-state index in [4.69, 9.17) is 5.73 Å². The highest BCUT2D eigenvalue weighted by Crippen LogP contribution is 2.36. The molecule has 0 bridgehead atoms. The molecule has 0 fully saturated rings. The van der Waals surface area contributed by atoms with Crippen molar-refractivity contribution in [3.63, 3.8) is 0 Å². The molecule has 3 heteroatoms. The molecule has 2 N–H and O–H groups in total. The molecule has 14 heavy (non-hydrogen) atoms. The summed E-state index contributed by atoms with van der Waals surface area (Å²) in [6.45, 7) is 2.23. The largest absolute Gasteiger partial charge is 0.324 e. The summed E-state index contributed by atoms with van der Waals surface area (Å²) in [6.07, 6.45) is 0. The van der Waals surface area contributed by atoms with Gasteiger partial charge in [-0.3, -0.25) is 0 Å². The lowest BCUT2D eigenvalue weighted by Crippen LogP contribution is -2.20. The molecule has 0 spiro atoms. The molecule has 1 heterocycles. The molecule has 0 aromatic heterocycles. The number of thioether (sulfide) groups is 1. The molecular formula is C11H14BrNS. The molecule has 1 aliphatic heterocycles. The average molecular weight is 272 g/mol. The second-order valence-electron chi connectivity index (χ2n) is 3.83. The summed E-state index contributed by atoms with van der Waals surface area (Å²) in [4.78, 5) is 0. The van der Waals surface area contributed by atoms with Gasteiger partial charge in [-0.2, -0.15) is 11.8 Å². The van der Waals surface area contributed by atoms with E-state index in [0.29, 0.717) is 5.92 Å². The topological polar surface area (TPSA) is 26.0 Å². The highest BCUT2D eigenvalue weighted by atomic mass is 79.9. The van der Waals surface area contributed by atoms with Crippen molar-refractivity contribution in [3.05, 3.63) is 33.8 Å². The van der Waals surface area contributed by atoms with Crippen LogP contribution in [0.1, 0.15) is 24.1 Å². The van der Waals surface area contributed by atoms with Crippen molar-refractivity contribution in [2.75, 3.05) is 5.75 Å². The minimum atomic E-state index is 0.192. The van der Waals surface area contributed by atoms with Crippen molar-refractivity contribution >= 4 is 27.7 Å². The second kappa shape index (κ2) is 4.25. The Labute approximate surface area is 97.6 Å². The van der Waals surface area contributed by atoms with Gasteiger partial charge in [-0.05, 0) is 28.9 Å². The van der Waals surface area contributed by atoms with Crippen molar-refractivity contribution in [2.45, 2.75) is 18.7 Å². The lowest BCUT2D eigenvalue weighted by molar-refractivity contribution is 0.523. The lowest BCUT2D eigenvalue weighted by Gasteiger charge is -2.18. The van der Waals surface area contributed by atoms with Gasteiger partial charge in [0, 0.05) is 16.3 Å². The normalized spacial score (nSPS) is 26.8. The van der Waals surface area contributed by atoms with E-state index in [1.807, 2.05) is 11.8 Å². The number of rotatable bonds is 0. The molecule has 1 aromatic carbocycles. The third-order valence-corrected chi connectivity index (χ3v) is 4.75. The number of hydrogen-bond donors (Lipinski definition) is 1. The van der Waals surface area contributed by atoms with E-state index < -0.39 is 0 Å². The molecule has 0 aliphatic carbocycles. The van der Waals surface area contributed by atoms with Gasteiger partial charge in [-0.1, -0.05) is 35.0 Å². The Bertz CT molecular complexity index is 340. The average Bonchev–Trinajstić information content (AvgIpc) is 2.31. The fourth-order valence-corrected chi connectivity index (χ4v) is 3.73. The summed E-state index contributed by atoms with van der Waals surface area (Å²) in [7, 11) is 0. The monoisotopic (exact) mass is 271 g/mol. The third kappa shape index (κ3) is 1.86. The van der Waals surface area contributed by atoms with Crippen LogP contribution < -0.4 is 5.73 Å². The maximum atomic E-state index is 6.22. The Kier molecular flexibility index (Phi) is 3.20. The van der Waals surface area contributed by atoms with Gasteiger partial charge in [-0.15, -0.1) is 0 Å². The summed E-state index contributed by atoms with van der Waals surface area (Å²) in [6, 6.07) is 6.53. The smallest absolute Gasteiger partial charge is 0.0332 e. The molecule has 2 unspecified atom stereocenters. The highest BCUT2D eigenvalue weighted by Gasteiger charge is 2.22. The van der Waals surface area contributed by atoms with E-state index in [1.165, 1.54) is 15.6 Å². The van der Waals surface area contributed by atoms with Gasteiger partial charge in [-0.25, -0.2) is 0 Å². The van der Waals surface area contributed by atoms with Crippen LogP contribution in [0.5, 0.6) is 0 Å². The number of nitrogens with two attached hydrogens (primary N) is 1. The molecular weight excluding hydrogens is 258 g/mol. The molecule has 2 atom stereocenters. The van der Waals surface area contributed by atoms with Crippen LogP contribution in [0.3, 0.4) is 0 Å². The Balaban J connectivity index is 2.48. The van der Waals surface area contributed by atoms with Crippen molar-refractivity contribution in [1.82, 2.24) is 0 Å². The molecule has 0 radical (unpaired) electrons. The molecule has 76 valence electrons. The summed E-state index contributed by atoms with van der Waals surface area (Å²) < 4.78 is 1.20. The van der Waals surface area contributed by atoms with Crippen LogP contribution in [0, 0.1) is 5.92 Å². The van der Waals surface area contributed by atoms with E-state index >= 15 is 0 Å². The minimum absolute atomic E-state index is 0.192. The highest BCUT2D eigenvalue weighted by molar-refractivity contribution is 9.10. The predicted octanol–water partition coefficient (Wildman–Crippen LogP) is 3.33. The third-order valence-electron chi connectivity index (χ3n) is 2.75. The fraction of sp³-hybridized carbons (Fsp3) is 0.455. The SMILES string of the molecule is CC1CSCc2c(Br)cccc2C1N. The summed E-state index contributed by atoms with van der Waals surface area (Å²) >= 11 is 5.57. The maximum absolute atomic E-state index is 6.22. The van der Waals surface area contributed by atoms with Crippen LogP contribution in [0.15, 0.2) is 22.7 Å². The minimum Gasteiger partial charge on any atom is -0.324 e. The van der Waals surface area contributed by atoms with Crippen molar-refractivity contribution in [2.24, 2.45) is 11.7 Å². The van der Waals surface area contributed by atoms with Crippen LogP contribution in [0.2, 0.25) is 0 Å². The lowest BCUT2D eigenvalue weighted by atomic mass is 9.94. The van der Waals surface area contributed by atoms with Gasteiger partial charge in [0.1, 0.15) is 0 Å². The number of benzene rings is 1. The van der Waals surface area contributed by atoms with Gasteiger partial charge in [0.25, 0.3) is 0 Å². The van der Waals surface area contributed by atoms with Crippen molar-refractivity contribution < 1.29 is 0 Å². The summed E-state index contributed by atoms with van der Waals surface area (Å²) in [5.74, 6) is 2.80. The number of halogens is 1. The van der Waals surface area contributed by atoms with Crippen LogP contribution in [-0.2, 0) is 5.75 Å². The molecule has 1 nitrogen and oxygen atoms in total. The molecule has 1 aliphatic rings. The van der Waals surface area contributed by atoms with E-state index in [1.54, 1.807) is 0 Å². The van der Waals surface area contributed by atoms with Gasteiger partial charge in [0.15, 0.2) is 0 Å². The first kappa shape index (κ1) is 10.5. The van der Waals surface area contributed by atoms with Crippen LogP contribution in [0.4, 0.5) is 0 Å². The zero-order valence-corrected chi connectivity index (χ0v) is 10.6. The Hall–Kier alpha value is 0.01000. The summed E-state index contributed by atoms with van der Waals surface area (Å²) in [5, 5.41) is 0. The molecule has 0 amide bonds. The molecule has 0 saturated carbocycles. The summed E-state index contributed by atoms with van der Waals surface area (Å²) in [5.41, 5.74) is 8.92. The van der Waals surface area contributed by atoms with Crippen LogP contribution in [0.25, 0.3) is 0 Å². The number of hydrogen-bond acceptors (Lipinski definition) is 2. The van der Waals surface area contributed by atoms with Gasteiger partial charge < -0.3 is 5.73 Å². The Morgan fingerprint density at radius 1 is 1.50 bits per heavy atom. The first-order chi connectivity index (χ1) is 6.70. The first-order valence-electron chi connectivity index (χ1n) is 4.80. The van der Waals surface area contributed by atoms with Gasteiger partial charge in [0.05, 0.1) is 0 Å². The number of fused-ring (bicyclic) bond motifs is 1. The van der Waals surface area contributed by atoms with E-state index in [2.05, 4.69) is 41.1 Å². The second-order valence-corrected chi connectivity index (χ2v) is 5.71. The Morgan fingerprint density at radius 2 is 2.29 bits per heavy atom. The fourth-order valence-electron chi connectivity index (χ4n) is 1.80. The van der Waals surface area contributed by atoms with E-state index in [9.17, 15) is 0 Å². The van der Waals surface area contributed by atoms with Crippen LogP contribution >= 0.6 is 27.7 Å². The molecule has 1 aromatic rings. The van der Waals surface area contributed by atoms with Gasteiger partial charge >= 0.3 is 0 Å². The van der Waals surface area contributed by atoms with Crippen molar-refractivity contribution in [3.8, 4) is 0 Å². The quantitative estimate of drug-likeness (QED) is 0.784. The predicted molar refractivity (Wildman–Crippen MR) is 66.4 cm³/mol. The van der Waals surface area contributed by atoms with E-state index in [-0.39, 0.29) is 6.04 Å². The van der Waals surface area contributed by atoms with Crippen molar-refractivity contribution in [1.29, 1.82) is 0 Å². The maximum Gasteiger partial charge on any atom is 0.0332 e. The zero-order chi connectivity index (χ0) is 10.1. The standard InChI is InChI=1S/C11H14BrNS/c1-7-5-14-6-9-8(11(7)13)3-2-4-10(9)12/h2-4,7,11H,5-6,13H2,1H3. The molecule has 2 rings (SSSR count). The van der Waals surface area contributed by atoms with E-state index in [0.717, 1.165) is 11.5 Å². The van der Waals surface area contributed by atoms with Crippen LogP contribution in [-0.4, -0.2) is 5.75 Å². The van der Waals surface area contributed by atoms with Gasteiger partial charge in [0.2, 0.25) is 0 Å².